The number of nitrogens with zero attached hydrogens (tertiary/aromatic N) is 1. The zero-order valence-corrected chi connectivity index (χ0v) is 11.8. The Morgan fingerprint density at radius 1 is 1.47 bits per heavy atom. The van der Waals surface area contributed by atoms with E-state index in [9.17, 15) is 4.79 Å². The fraction of sp³-hybridized carbons (Fsp3) is 0.615. The minimum absolute atomic E-state index is 0.0315. The van der Waals surface area contributed by atoms with E-state index in [0.29, 0.717) is 0 Å². The first-order valence-corrected chi connectivity index (χ1v) is 6.86. The Kier molecular flexibility index (Phi) is 5.15. The minimum atomic E-state index is -0.397. The molecule has 2 atom stereocenters. The fourth-order valence-electron chi connectivity index (χ4n) is 1.59. The van der Waals surface area contributed by atoms with E-state index in [1.807, 2.05) is 27.0 Å². The molecule has 1 amide bonds. The Morgan fingerprint density at radius 3 is 2.59 bits per heavy atom. The van der Waals surface area contributed by atoms with E-state index in [1.54, 1.807) is 16.2 Å². The summed E-state index contributed by atoms with van der Waals surface area (Å²) in [5.74, 6) is 0.211. The van der Waals surface area contributed by atoms with Gasteiger partial charge in [-0.15, -0.1) is 11.3 Å². The van der Waals surface area contributed by atoms with Gasteiger partial charge in [0.15, 0.2) is 0 Å². The Balaban J connectivity index is 2.57. The van der Waals surface area contributed by atoms with E-state index in [-0.39, 0.29) is 17.9 Å². The molecule has 1 aromatic rings. The molecular formula is C13H22N2OS. The smallest absolute Gasteiger partial charge is 0.239 e. The first-order chi connectivity index (χ1) is 7.93. The van der Waals surface area contributed by atoms with Crippen LogP contribution in [0.25, 0.3) is 0 Å². The summed E-state index contributed by atoms with van der Waals surface area (Å²) in [4.78, 5) is 15.1. The average molecular weight is 254 g/mol. The molecule has 0 aromatic carbocycles. The van der Waals surface area contributed by atoms with Gasteiger partial charge in [-0.3, -0.25) is 4.79 Å². The van der Waals surface area contributed by atoms with Crippen molar-refractivity contribution in [1.29, 1.82) is 0 Å². The van der Waals surface area contributed by atoms with Gasteiger partial charge in [0.2, 0.25) is 5.91 Å². The van der Waals surface area contributed by atoms with Crippen molar-refractivity contribution >= 4 is 17.2 Å². The summed E-state index contributed by atoms with van der Waals surface area (Å²) >= 11 is 1.73. The average Bonchev–Trinajstić information content (AvgIpc) is 2.78. The van der Waals surface area contributed by atoms with E-state index < -0.39 is 6.04 Å². The lowest BCUT2D eigenvalue weighted by molar-refractivity contribution is -0.134. The van der Waals surface area contributed by atoms with Gasteiger partial charge in [-0.2, -0.15) is 0 Å². The number of hydrogen-bond donors (Lipinski definition) is 1. The molecule has 96 valence electrons. The SMILES string of the molecule is CC(C)C(N)C(=O)N(C)C(C)Cc1cccs1. The van der Waals surface area contributed by atoms with E-state index in [2.05, 4.69) is 18.4 Å². The van der Waals surface area contributed by atoms with Gasteiger partial charge in [-0.1, -0.05) is 19.9 Å². The Hall–Kier alpha value is -0.870. The second-order valence-corrected chi connectivity index (χ2v) is 5.88. The number of carbonyl (C=O) groups is 1. The van der Waals surface area contributed by atoms with Gasteiger partial charge in [-0.05, 0) is 24.3 Å². The summed E-state index contributed by atoms with van der Waals surface area (Å²) in [6.45, 7) is 6.01. The molecule has 0 radical (unpaired) electrons. The van der Waals surface area contributed by atoms with Crippen LogP contribution in [0.4, 0.5) is 0 Å². The van der Waals surface area contributed by atoms with Crippen LogP contribution in [-0.4, -0.2) is 29.9 Å². The molecule has 0 saturated carbocycles. The predicted molar refractivity (Wildman–Crippen MR) is 73.1 cm³/mol. The van der Waals surface area contributed by atoms with Gasteiger partial charge in [-0.25, -0.2) is 0 Å². The van der Waals surface area contributed by atoms with Crippen LogP contribution in [0, 0.1) is 5.92 Å². The van der Waals surface area contributed by atoms with E-state index in [1.165, 1.54) is 4.88 Å². The Morgan fingerprint density at radius 2 is 2.12 bits per heavy atom. The number of carbonyl (C=O) groups excluding carboxylic acids is 1. The Labute approximate surface area is 108 Å². The highest BCUT2D eigenvalue weighted by atomic mass is 32.1. The second kappa shape index (κ2) is 6.17. The lowest BCUT2D eigenvalue weighted by Gasteiger charge is -2.28. The van der Waals surface area contributed by atoms with Gasteiger partial charge in [0.1, 0.15) is 0 Å². The maximum absolute atomic E-state index is 12.1. The maximum atomic E-state index is 12.1. The molecule has 0 spiro atoms. The first kappa shape index (κ1) is 14.2. The van der Waals surface area contributed by atoms with Crippen molar-refractivity contribution in [3.05, 3.63) is 22.4 Å². The third kappa shape index (κ3) is 3.82. The highest BCUT2D eigenvalue weighted by Crippen LogP contribution is 2.14. The van der Waals surface area contributed by atoms with E-state index >= 15 is 0 Å². The van der Waals surface area contributed by atoms with Gasteiger partial charge < -0.3 is 10.6 Å². The monoisotopic (exact) mass is 254 g/mol. The molecule has 0 fully saturated rings. The third-order valence-electron chi connectivity index (χ3n) is 3.09. The molecule has 0 aliphatic rings. The van der Waals surface area contributed by atoms with Crippen LogP contribution in [0.5, 0.6) is 0 Å². The van der Waals surface area contributed by atoms with Crippen molar-refractivity contribution in [3.8, 4) is 0 Å². The summed E-state index contributed by atoms with van der Waals surface area (Å²) in [6, 6.07) is 3.92. The number of amides is 1. The van der Waals surface area contributed by atoms with Crippen molar-refractivity contribution in [1.82, 2.24) is 4.90 Å². The van der Waals surface area contributed by atoms with Crippen LogP contribution >= 0.6 is 11.3 Å². The highest BCUT2D eigenvalue weighted by molar-refractivity contribution is 7.09. The van der Waals surface area contributed by atoms with E-state index in [0.717, 1.165) is 6.42 Å². The quantitative estimate of drug-likeness (QED) is 0.875. The zero-order valence-electron chi connectivity index (χ0n) is 11.0. The molecule has 2 unspecified atom stereocenters. The highest BCUT2D eigenvalue weighted by Gasteiger charge is 2.24. The predicted octanol–water partition coefficient (Wildman–Crippen LogP) is 2.12. The molecule has 17 heavy (non-hydrogen) atoms. The van der Waals surface area contributed by atoms with E-state index in [4.69, 9.17) is 5.73 Å². The van der Waals surface area contributed by atoms with Crippen LogP contribution in [-0.2, 0) is 11.2 Å². The van der Waals surface area contributed by atoms with Crippen LogP contribution in [0.1, 0.15) is 25.6 Å². The molecule has 0 aliphatic carbocycles. The lowest BCUT2D eigenvalue weighted by Crippen LogP contribution is -2.48. The third-order valence-corrected chi connectivity index (χ3v) is 3.99. The van der Waals surface area contributed by atoms with Crippen LogP contribution < -0.4 is 5.73 Å². The molecule has 0 aliphatic heterocycles. The number of nitrogens with two attached hydrogens (primary N) is 1. The number of likely N-dealkylation sites (N-methyl/N-ethyl adjacent to an activating group) is 1. The molecule has 1 rings (SSSR count). The molecule has 0 saturated heterocycles. The fourth-order valence-corrected chi connectivity index (χ4v) is 2.42. The molecule has 1 aromatic heterocycles. The van der Waals surface area contributed by atoms with Gasteiger partial charge in [0.05, 0.1) is 6.04 Å². The zero-order chi connectivity index (χ0) is 13.0. The number of hydrogen-bond acceptors (Lipinski definition) is 3. The molecule has 1 heterocycles. The van der Waals surface area contributed by atoms with Crippen molar-refractivity contribution < 1.29 is 4.79 Å². The topological polar surface area (TPSA) is 46.3 Å². The molecular weight excluding hydrogens is 232 g/mol. The van der Waals surface area contributed by atoms with Crippen LogP contribution in [0.3, 0.4) is 0 Å². The van der Waals surface area contributed by atoms with Gasteiger partial charge in [0.25, 0.3) is 0 Å². The van der Waals surface area contributed by atoms with Crippen molar-refractivity contribution in [2.75, 3.05) is 7.05 Å². The first-order valence-electron chi connectivity index (χ1n) is 5.98. The number of thiophene rings is 1. The van der Waals surface area contributed by atoms with Gasteiger partial charge >= 0.3 is 0 Å². The molecule has 3 nitrogen and oxygen atoms in total. The summed E-state index contributed by atoms with van der Waals surface area (Å²) in [7, 11) is 1.84. The van der Waals surface area contributed by atoms with Crippen LogP contribution in [0.15, 0.2) is 17.5 Å². The van der Waals surface area contributed by atoms with Crippen LogP contribution in [0.2, 0.25) is 0 Å². The standard InChI is InChI=1S/C13H22N2OS/c1-9(2)12(14)13(16)15(4)10(3)8-11-6-5-7-17-11/h5-7,9-10,12H,8,14H2,1-4H3. The number of rotatable bonds is 5. The van der Waals surface area contributed by atoms with Crippen molar-refractivity contribution in [3.63, 3.8) is 0 Å². The minimum Gasteiger partial charge on any atom is -0.341 e. The van der Waals surface area contributed by atoms with Crippen molar-refractivity contribution in [2.24, 2.45) is 11.7 Å². The summed E-state index contributed by atoms with van der Waals surface area (Å²) in [6.07, 6.45) is 0.894. The summed E-state index contributed by atoms with van der Waals surface area (Å²) in [5, 5.41) is 2.06. The Bertz CT molecular complexity index is 348. The maximum Gasteiger partial charge on any atom is 0.239 e. The van der Waals surface area contributed by atoms with Gasteiger partial charge in [0, 0.05) is 24.4 Å². The normalized spacial score (nSPS) is 14.7. The molecule has 2 N–H and O–H groups in total. The summed E-state index contributed by atoms with van der Waals surface area (Å²) < 4.78 is 0. The second-order valence-electron chi connectivity index (χ2n) is 4.85. The van der Waals surface area contributed by atoms with Crippen molar-refractivity contribution in [2.45, 2.75) is 39.3 Å². The summed E-state index contributed by atoms with van der Waals surface area (Å²) in [5.41, 5.74) is 5.88. The molecule has 0 bridgehead atoms. The lowest BCUT2D eigenvalue weighted by atomic mass is 10.0. The molecule has 4 heteroatoms. The largest absolute Gasteiger partial charge is 0.341 e.